The van der Waals surface area contributed by atoms with Crippen LogP contribution in [0.15, 0.2) is 5.38 Å². The fourth-order valence-corrected chi connectivity index (χ4v) is 1.56. The number of aromatic nitrogens is 1. The molecule has 72 valence electrons. The standard InChI is InChI=1S/C8H12N2O2S/c1-2-7(12)10-8-9-6(3-4-11)5-13-8/h5,11H,2-4H2,1H3,(H,9,10,12). The molecule has 0 saturated heterocycles. The molecule has 1 aromatic heterocycles. The Balaban J connectivity index is 2.53. The van der Waals surface area contributed by atoms with Crippen LogP contribution in [-0.2, 0) is 11.2 Å². The summed E-state index contributed by atoms with van der Waals surface area (Å²) in [6.07, 6.45) is 0.993. The number of anilines is 1. The second-order valence-corrected chi connectivity index (χ2v) is 3.38. The highest BCUT2D eigenvalue weighted by atomic mass is 32.1. The van der Waals surface area contributed by atoms with Gasteiger partial charge in [-0.3, -0.25) is 4.79 Å². The molecule has 1 amide bonds. The second-order valence-electron chi connectivity index (χ2n) is 2.52. The molecule has 0 fully saturated rings. The smallest absolute Gasteiger partial charge is 0.225 e. The number of amides is 1. The summed E-state index contributed by atoms with van der Waals surface area (Å²) in [6.45, 7) is 1.88. The maximum atomic E-state index is 11.0. The Labute approximate surface area is 80.6 Å². The maximum Gasteiger partial charge on any atom is 0.225 e. The van der Waals surface area contributed by atoms with Crippen molar-refractivity contribution in [3.8, 4) is 0 Å². The second kappa shape index (κ2) is 4.94. The van der Waals surface area contributed by atoms with Crippen molar-refractivity contribution in [2.75, 3.05) is 11.9 Å². The van der Waals surface area contributed by atoms with Crippen molar-refractivity contribution in [3.05, 3.63) is 11.1 Å². The maximum absolute atomic E-state index is 11.0. The third-order valence-corrected chi connectivity index (χ3v) is 2.29. The van der Waals surface area contributed by atoms with Crippen LogP contribution in [0.3, 0.4) is 0 Å². The van der Waals surface area contributed by atoms with E-state index in [-0.39, 0.29) is 12.5 Å². The number of aliphatic hydroxyl groups is 1. The summed E-state index contributed by atoms with van der Waals surface area (Å²) in [4.78, 5) is 15.1. The molecule has 5 heteroatoms. The number of hydrogen-bond donors (Lipinski definition) is 2. The number of rotatable bonds is 4. The Bertz CT molecular complexity index is 285. The predicted molar refractivity (Wildman–Crippen MR) is 51.8 cm³/mol. The summed E-state index contributed by atoms with van der Waals surface area (Å²) in [5.41, 5.74) is 0.818. The average molecular weight is 200 g/mol. The van der Waals surface area contributed by atoms with Crippen LogP contribution in [0.25, 0.3) is 0 Å². The zero-order chi connectivity index (χ0) is 9.68. The lowest BCUT2D eigenvalue weighted by Gasteiger charge is -1.96. The predicted octanol–water partition coefficient (Wildman–Crippen LogP) is 1.03. The molecule has 1 rings (SSSR count). The van der Waals surface area contributed by atoms with Gasteiger partial charge in [-0.05, 0) is 0 Å². The number of hydrogen-bond acceptors (Lipinski definition) is 4. The summed E-state index contributed by atoms with van der Waals surface area (Å²) >= 11 is 1.38. The third-order valence-electron chi connectivity index (χ3n) is 1.49. The number of nitrogens with zero attached hydrogens (tertiary/aromatic N) is 1. The highest BCUT2D eigenvalue weighted by Crippen LogP contribution is 2.15. The minimum Gasteiger partial charge on any atom is -0.396 e. The van der Waals surface area contributed by atoms with Crippen LogP contribution < -0.4 is 5.32 Å². The van der Waals surface area contributed by atoms with E-state index in [0.717, 1.165) is 5.69 Å². The summed E-state index contributed by atoms with van der Waals surface area (Å²) in [6, 6.07) is 0. The lowest BCUT2D eigenvalue weighted by molar-refractivity contribution is -0.115. The first kappa shape index (κ1) is 10.1. The Hall–Kier alpha value is -0.940. The van der Waals surface area contributed by atoms with Crippen molar-refractivity contribution < 1.29 is 9.90 Å². The van der Waals surface area contributed by atoms with Crippen LogP contribution in [0.5, 0.6) is 0 Å². The van der Waals surface area contributed by atoms with E-state index in [9.17, 15) is 4.79 Å². The van der Waals surface area contributed by atoms with E-state index < -0.39 is 0 Å². The first-order chi connectivity index (χ1) is 6.26. The molecule has 0 radical (unpaired) electrons. The highest BCUT2D eigenvalue weighted by Gasteiger charge is 2.03. The third kappa shape index (κ3) is 3.12. The van der Waals surface area contributed by atoms with Crippen molar-refractivity contribution in [2.45, 2.75) is 19.8 Å². The largest absolute Gasteiger partial charge is 0.396 e. The molecule has 0 bridgehead atoms. The van der Waals surface area contributed by atoms with Crippen LogP contribution in [0.1, 0.15) is 19.0 Å². The summed E-state index contributed by atoms with van der Waals surface area (Å²) < 4.78 is 0. The van der Waals surface area contributed by atoms with E-state index in [0.29, 0.717) is 18.0 Å². The van der Waals surface area contributed by atoms with Crippen molar-refractivity contribution >= 4 is 22.4 Å². The monoisotopic (exact) mass is 200 g/mol. The SMILES string of the molecule is CCC(=O)Nc1nc(CCO)cs1. The van der Waals surface area contributed by atoms with Crippen molar-refractivity contribution in [1.29, 1.82) is 0 Å². The molecule has 1 aromatic rings. The minimum absolute atomic E-state index is 0.0371. The topological polar surface area (TPSA) is 62.2 Å². The van der Waals surface area contributed by atoms with Gasteiger partial charge in [-0.25, -0.2) is 4.98 Å². The van der Waals surface area contributed by atoms with E-state index in [1.54, 1.807) is 6.92 Å². The van der Waals surface area contributed by atoms with Gasteiger partial charge in [-0.1, -0.05) is 6.92 Å². The minimum atomic E-state index is -0.0371. The molecule has 0 aliphatic carbocycles. The van der Waals surface area contributed by atoms with Gasteiger partial charge in [-0.2, -0.15) is 0 Å². The van der Waals surface area contributed by atoms with E-state index in [1.165, 1.54) is 11.3 Å². The van der Waals surface area contributed by atoms with Gasteiger partial charge in [0, 0.05) is 24.8 Å². The van der Waals surface area contributed by atoms with Crippen molar-refractivity contribution in [1.82, 2.24) is 4.98 Å². The van der Waals surface area contributed by atoms with Crippen LogP contribution in [0, 0.1) is 0 Å². The quantitative estimate of drug-likeness (QED) is 0.763. The molecule has 0 aliphatic heterocycles. The Morgan fingerprint density at radius 2 is 2.54 bits per heavy atom. The molecule has 4 nitrogen and oxygen atoms in total. The molecule has 0 spiro atoms. The van der Waals surface area contributed by atoms with Gasteiger partial charge in [0.05, 0.1) is 5.69 Å². The zero-order valence-corrected chi connectivity index (χ0v) is 8.23. The molecule has 0 aromatic carbocycles. The zero-order valence-electron chi connectivity index (χ0n) is 7.41. The normalized spacial score (nSPS) is 10.0. The summed E-state index contributed by atoms with van der Waals surface area (Å²) in [7, 11) is 0. The summed E-state index contributed by atoms with van der Waals surface area (Å²) in [5.74, 6) is -0.0371. The first-order valence-electron chi connectivity index (χ1n) is 4.11. The Morgan fingerprint density at radius 3 is 3.15 bits per heavy atom. The van der Waals surface area contributed by atoms with Gasteiger partial charge in [0.25, 0.3) is 0 Å². The van der Waals surface area contributed by atoms with E-state index >= 15 is 0 Å². The van der Waals surface area contributed by atoms with Gasteiger partial charge in [0.2, 0.25) is 5.91 Å². The number of aliphatic hydroxyl groups excluding tert-OH is 1. The molecule has 2 N–H and O–H groups in total. The number of thiazole rings is 1. The van der Waals surface area contributed by atoms with Gasteiger partial charge in [0.1, 0.15) is 0 Å². The molecule has 0 aliphatic rings. The van der Waals surface area contributed by atoms with Gasteiger partial charge in [0.15, 0.2) is 5.13 Å². The highest BCUT2D eigenvalue weighted by molar-refractivity contribution is 7.13. The van der Waals surface area contributed by atoms with Crippen LogP contribution >= 0.6 is 11.3 Å². The lowest BCUT2D eigenvalue weighted by atomic mass is 10.4. The average Bonchev–Trinajstić information content (AvgIpc) is 2.53. The fraction of sp³-hybridized carbons (Fsp3) is 0.500. The Kier molecular flexibility index (Phi) is 3.85. The number of carbonyl (C=O) groups excluding carboxylic acids is 1. The molecular weight excluding hydrogens is 188 g/mol. The molecule has 13 heavy (non-hydrogen) atoms. The molecule has 0 unspecified atom stereocenters. The van der Waals surface area contributed by atoms with Gasteiger partial charge in [-0.15, -0.1) is 11.3 Å². The summed E-state index contributed by atoms with van der Waals surface area (Å²) in [5, 5.41) is 13.7. The van der Waals surface area contributed by atoms with Crippen LogP contribution in [-0.4, -0.2) is 22.6 Å². The lowest BCUT2D eigenvalue weighted by Crippen LogP contribution is -2.09. The van der Waals surface area contributed by atoms with Crippen molar-refractivity contribution in [2.24, 2.45) is 0 Å². The Morgan fingerprint density at radius 1 is 1.77 bits per heavy atom. The van der Waals surface area contributed by atoms with Gasteiger partial charge < -0.3 is 10.4 Å². The van der Waals surface area contributed by atoms with Crippen LogP contribution in [0.4, 0.5) is 5.13 Å². The number of nitrogens with one attached hydrogen (secondary N) is 1. The number of carbonyl (C=O) groups is 1. The molecular formula is C8H12N2O2S. The van der Waals surface area contributed by atoms with E-state index in [4.69, 9.17) is 5.11 Å². The molecule has 0 saturated carbocycles. The molecule has 0 atom stereocenters. The fourth-order valence-electron chi connectivity index (χ4n) is 0.801. The van der Waals surface area contributed by atoms with Crippen LogP contribution in [0.2, 0.25) is 0 Å². The van der Waals surface area contributed by atoms with Crippen molar-refractivity contribution in [3.63, 3.8) is 0 Å². The van der Waals surface area contributed by atoms with E-state index in [2.05, 4.69) is 10.3 Å². The van der Waals surface area contributed by atoms with Gasteiger partial charge >= 0.3 is 0 Å². The first-order valence-corrected chi connectivity index (χ1v) is 4.99. The molecule has 1 heterocycles. The van der Waals surface area contributed by atoms with E-state index in [1.807, 2.05) is 5.38 Å².